The zero-order valence-corrected chi connectivity index (χ0v) is 16.5. The zero-order chi connectivity index (χ0) is 19.1. The van der Waals surface area contributed by atoms with Crippen molar-refractivity contribution < 1.29 is 18.0 Å². The number of fused-ring (bicyclic) bond motifs is 1. The molecule has 0 radical (unpaired) electrons. The lowest BCUT2D eigenvalue weighted by molar-refractivity contribution is -0.0689. The molecule has 0 bridgehead atoms. The van der Waals surface area contributed by atoms with Crippen molar-refractivity contribution >= 4 is 72.0 Å². The minimum Gasteiger partial charge on any atom is -0.288 e. The second-order valence-electron chi connectivity index (χ2n) is 5.24. The van der Waals surface area contributed by atoms with Crippen LogP contribution in [0.5, 0.6) is 0 Å². The molecule has 0 fully saturated rings. The number of alkyl halides is 3. The molecule has 2 nitrogen and oxygen atoms in total. The van der Waals surface area contributed by atoms with Crippen molar-refractivity contribution in [2.24, 2.45) is 0 Å². The van der Waals surface area contributed by atoms with Crippen molar-refractivity contribution in [2.75, 3.05) is 0 Å². The molecule has 0 aliphatic carbocycles. The third kappa shape index (κ3) is 4.28. The molecule has 0 saturated heterocycles. The molecule has 134 valence electrons. The van der Waals surface area contributed by atoms with Crippen LogP contribution in [0.1, 0.15) is 15.2 Å². The second-order valence-corrected chi connectivity index (χ2v) is 8.06. The zero-order valence-electron chi connectivity index (χ0n) is 12.6. The van der Waals surface area contributed by atoms with Crippen molar-refractivity contribution in [1.29, 1.82) is 0 Å². The Kier molecular flexibility index (Phi) is 5.44. The number of allylic oxidation sites excluding steroid dienone is 2. The maximum absolute atomic E-state index is 13.5. The first-order valence-electron chi connectivity index (χ1n) is 6.98. The highest BCUT2D eigenvalue weighted by Gasteiger charge is 2.36. The average molecular weight is 481 g/mol. The standard InChI is InChI=1S/C17H7BrCl2F3NOS/c18-10-1-9-4-15(26-16(9)24-7-10)14(25)6-13(17(21,22)23)8-2-11(19)5-12(20)3-8/h1-7H. The summed E-state index contributed by atoms with van der Waals surface area (Å²) >= 11 is 15.9. The number of benzene rings is 1. The van der Waals surface area contributed by atoms with E-state index in [-0.39, 0.29) is 20.5 Å². The number of ketones is 1. The maximum atomic E-state index is 13.5. The van der Waals surface area contributed by atoms with Gasteiger partial charge in [0, 0.05) is 26.1 Å². The molecule has 2 heterocycles. The molecule has 2 aromatic heterocycles. The molecule has 0 unspecified atom stereocenters. The Labute approximate surface area is 168 Å². The number of pyridine rings is 1. The van der Waals surface area contributed by atoms with Gasteiger partial charge in [0.1, 0.15) is 4.83 Å². The van der Waals surface area contributed by atoms with E-state index in [1.807, 2.05) is 0 Å². The van der Waals surface area contributed by atoms with Crippen LogP contribution >= 0.6 is 50.5 Å². The number of carbonyl (C=O) groups excluding carboxylic acids is 1. The van der Waals surface area contributed by atoms with Gasteiger partial charge in [0.2, 0.25) is 0 Å². The second kappa shape index (κ2) is 7.31. The number of halogens is 6. The summed E-state index contributed by atoms with van der Waals surface area (Å²) in [7, 11) is 0. The summed E-state index contributed by atoms with van der Waals surface area (Å²) in [6, 6.07) is 6.79. The van der Waals surface area contributed by atoms with E-state index in [9.17, 15) is 18.0 Å². The fraction of sp³-hybridized carbons (Fsp3) is 0.0588. The van der Waals surface area contributed by atoms with Gasteiger partial charge in [-0.3, -0.25) is 4.79 Å². The highest BCUT2D eigenvalue weighted by Crippen LogP contribution is 2.37. The van der Waals surface area contributed by atoms with Crippen LogP contribution in [0.2, 0.25) is 10.0 Å². The van der Waals surface area contributed by atoms with Gasteiger partial charge in [-0.2, -0.15) is 13.2 Å². The van der Waals surface area contributed by atoms with Gasteiger partial charge in [-0.25, -0.2) is 4.98 Å². The summed E-state index contributed by atoms with van der Waals surface area (Å²) < 4.78 is 41.2. The minimum absolute atomic E-state index is 0.0472. The summed E-state index contributed by atoms with van der Waals surface area (Å²) in [4.78, 5) is 17.3. The van der Waals surface area contributed by atoms with Crippen molar-refractivity contribution in [3.05, 3.63) is 67.6 Å². The van der Waals surface area contributed by atoms with Crippen LogP contribution in [-0.4, -0.2) is 16.9 Å². The average Bonchev–Trinajstić information content (AvgIpc) is 2.93. The molecule has 26 heavy (non-hydrogen) atoms. The third-order valence-corrected chi connectivity index (χ3v) is 5.28. The monoisotopic (exact) mass is 479 g/mol. The van der Waals surface area contributed by atoms with Crippen LogP contribution in [0.15, 0.2) is 47.1 Å². The number of rotatable bonds is 3. The van der Waals surface area contributed by atoms with Gasteiger partial charge in [-0.1, -0.05) is 23.2 Å². The van der Waals surface area contributed by atoms with Crippen LogP contribution in [0.25, 0.3) is 15.8 Å². The molecule has 3 aromatic rings. The first kappa shape index (κ1) is 19.4. The van der Waals surface area contributed by atoms with E-state index in [4.69, 9.17) is 23.2 Å². The Bertz CT molecular complexity index is 1030. The lowest BCUT2D eigenvalue weighted by Gasteiger charge is -2.12. The number of hydrogen-bond donors (Lipinski definition) is 0. The molecule has 0 spiro atoms. The lowest BCUT2D eigenvalue weighted by Crippen LogP contribution is -2.12. The lowest BCUT2D eigenvalue weighted by atomic mass is 10.0. The fourth-order valence-electron chi connectivity index (χ4n) is 2.27. The first-order valence-corrected chi connectivity index (χ1v) is 9.35. The molecular weight excluding hydrogens is 474 g/mol. The molecule has 1 aromatic carbocycles. The molecule has 0 atom stereocenters. The molecule has 0 saturated carbocycles. The van der Waals surface area contributed by atoms with E-state index in [1.54, 1.807) is 12.3 Å². The van der Waals surface area contributed by atoms with E-state index >= 15 is 0 Å². The minimum atomic E-state index is -4.75. The van der Waals surface area contributed by atoms with Crippen LogP contribution in [-0.2, 0) is 0 Å². The molecule has 9 heteroatoms. The van der Waals surface area contributed by atoms with Crippen LogP contribution in [0.4, 0.5) is 13.2 Å². The van der Waals surface area contributed by atoms with Crippen LogP contribution < -0.4 is 0 Å². The summed E-state index contributed by atoms with van der Waals surface area (Å²) in [5.74, 6) is -0.771. The van der Waals surface area contributed by atoms with E-state index in [0.717, 1.165) is 23.5 Å². The van der Waals surface area contributed by atoms with Gasteiger partial charge in [0.25, 0.3) is 0 Å². The SMILES string of the molecule is O=C(C=C(c1cc(Cl)cc(Cl)c1)C(F)(F)F)c1cc2cc(Br)cnc2s1. The van der Waals surface area contributed by atoms with Crippen molar-refractivity contribution in [1.82, 2.24) is 4.98 Å². The van der Waals surface area contributed by atoms with Gasteiger partial charge in [-0.15, -0.1) is 11.3 Å². The number of nitrogens with zero attached hydrogens (tertiary/aromatic N) is 1. The van der Waals surface area contributed by atoms with Gasteiger partial charge >= 0.3 is 6.18 Å². The topological polar surface area (TPSA) is 30.0 Å². The van der Waals surface area contributed by atoms with Gasteiger partial charge in [0.15, 0.2) is 5.78 Å². The highest BCUT2D eigenvalue weighted by molar-refractivity contribution is 9.10. The van der Waals surface area contributed by atoms with Crippen molar-refractivity contribution in [3.8, 4) is 0 Å². The Morgan fingerprint density at radius 3 is 2.38 bits per heavy atom. The van der Waals surface area contributed by atoms with Crippen molar-refractivity contribution in [2.45, 2.75) is 6.18 Å². The van der Waals surface area contributed by atoms with Gasteiger partial charge in [-0.05, 0) is 57.9 Å². The first-order chi connectivity index (χ1) is 12.1. The fourth-order valence-corrected chi connectivity index (χ4v) is 4.04. The van der Waals surface area contributed by atoms with E-state index in [1.165, 1.54) is 12.1 Å². The third-order valence-electron chi connectivity index (χ3n) is 3.34. The molecule has 3 rings (SSSR count). The predicted molar refractivity (Wildman–Crippen MR) is 102 cm³/mol. The van der Waals surface area contributed by atoms with E-state index < -0.39 is 17.5 Å². The molecule has 0 N–H and O–H groups in total. The number of thiophene rings is 1. The summed E-state index contributed by atoms with van der Waals surface area (Å²) in [6.07, 6.45) is -2.64. The smallest absolute Gasteiger partial charge is 0.288 e. The number of carbonyl (C=O) groups is 1. The summed E-state index contributed by atoms with van der Waals surface area (Å²) in [5.41, 5.74) is -1.39. The summed E-state index contributed by atoms with van der Waals surface area (Å²) in [5, 5.41) is 0.762. The largest absolute Gasteiger partial charge is 0.417 e. The van der Waals surface area contributed by atoms with E-state index in [0.29, 0.717) is 20.8 Å². The molecular formula is C17H7BrCl2F3NOS. The molecule has 0 aliphatic rings. The Morgan fingerprint density at radius 1 is 1.12 bits per heavy atom. The summed E-state index contributed by atoms with van der Waals surface area (Å²) in [6.45, 7) is 0. The maximum Gasteiger partial charge on any atom is 0.417 e. The quantitative estimate of drug-likeness (QED) is 0.293. The highest BCUT2D eigenvalue weighted by atomic mass is 79.9. The Balaban J connectivity index is 2.07. The number of hydrogen-bond acceptors (Lipinski definition) is 3. The van der Waals surface area contributed by atoms with Gasteiger partial charge in [0.05, 0.1) is 10.5 Å². The molecule has 0 aliphatic heterocycles. The van der Waals surface area contributed by atoms with Crippen LogP contribution in [0, 0.1) is 0 Å². The normalized spacial score (nSPS) is 12.6. The number of aromatic nitrogens is 1. The van der Waals surface area contributed by atoms with Gasteiger partial charge < -0.3 is 0 Å². The van der Waals surface area contributed by atoms with Crippen molar-refractivity contribution in [3.63, 3.8) is 0 Å². The Morgan fingerprint density at radius 2 is 1.77 bits per heavy atom. The van der Waals surface area contributed by atoms with E-state index in [2.05, 4.69) is 20.9 Å². The Hall–Kier alpha value is -1.41. The predicted octanol–water partition coefficient (Wildman–Crippen LogP) is 7.19. The molecule has 0 amide bonds. The van der Waals surface area contributed by atoms with Crippen LogP contribution in [0.3, 0.4) is 0 Å².